The van der Waals surface area contributed by atoms with Crippen LogP contribution in [0, 0.1) is 11.8 Å². The summed E-state index contributed by atoms with van der Waals surface area (Å²) >= 11 is 0. The predicted octanol–water partition coefficient (Wildman–Crippen LogP) is 2.42. The average molecular weight is 280 g/mol. The van der Waals surface area contributed by atoms with Crippen LogP contribution in [0.3, 0.4) is 0 Å². The van der Waals surface area contributed by atoms with Gasteiger partial charge in [0.2, 0.25) is 0 Å². The molecular weight excluding hydrogens is 256 g/mol. The predicted molar refractivity (Wildman–Crippen MR) is 77.0 cm³/mol. The van der Waals surface area contributed by atoms with Crippen LogP contribution in [0.15, 0.2) is 23.8 Å². The summed E-state index contributed by atoms with van der Waals surface area (Å²) in [6.07, 6.45) is 5.83. The Kier molecular flexibility index (Phi) is 5.69. The SMILES string of the molecule is CCCOC(=O)C1C=CC=C(C)C1(O)C(=O)CC(C)C. The van der Waals surface area contributed by atoms with Gasteiger partial charge in [0.25, 0.3) is 0 Å². The number of ether oxygens (including phenoxy) is 1. The van der Waals surface area contributed by atoms with Gasteiger partial charge < -0.3 is 9.84 Å². The second-order valence-electron chi connectivity index (χ2n) is 5.67. The molecular formula is C16H24O4. The molecule has 4 nitrogen and oxygen atoms in total. The Morgan fingerprint density at radius 2 is 2.10 bits per heavy atom. The molecule has 0 radical (unpaired) electrons. The maximum atomic E-state index is 12.4. The highest BCUT2D eigenvalue weighted by molar-refractivity contribution is 5.97. The van der Waals surface area contributed by atoms with Gasteiger partial charge in [-0.15, -0.1) is 0 Å². The maximum Gasteiger partial charge on any atom is 0.316 e. The molecule has 0 bridgehead atoms. The summed E-state index contributed by atoms with van der Waals surface area (Å²) < 4.78 is 5.10. The summed E-state index contributed by atoms with van der Waals surface area (Å²) in [5, 5.41) is 10.8. The molecule has 1 aliphatic rings. The molecule has 1 aliphatic carbocycles. The number of Topliss-reactive ketones (excluding diaryl/α,β-unsaturated/α-hetero) is 1. The molecule has 0 amide bonds. The molecule has 0 aliphatic heterocycles. The first-order valence-corrected chi connectivity index (χ1v) is 7.11. The zero-order valence-corrected chi connectivity index (χ0v) is 12.7. The molecule has 0 saturated carbocycles. The number of aliphatic hydroxyl groups is 1. The van der Waals surface area contributed by atoms with E-state index in [0.29, 0.717) is 18.6 Å². The number of ketones is 1. The van der Waals surface area contributed by atoms with Crippen molar-refractivity contribution in [1.82, 2.24) is 0 Å². The van der Waals surface area contributed by atoms with Crippen molar-refractivity contribution in [3.63, 3.8) is 0 Å². The molecule has 2 atom stereocenters. The molecule has 0 aromatic rings. The van der Waals surface area contributed by atoms with Gasteiger partial charge in [-0.25, -0.2) is 0 Å². The summed E-state index contributed by atoms with van der Waals surface area (Å²) in [5.41, 5.74) is -1.28. The third-order valence-corrected chi connectivity index (χ3v) is 3.42. The van der Waals surface area contributed by atoms with Crippen molar-refractivity contribution in [1.29, 1.82) is 0 Å². The Balaban J connectivity index is 3.02. The molecule has 0 fully saturated rings. The lowest BCUT2D eigenvalue weighted by Gasteiger charge is -2.35. The molecule has 2 unspecified atom stereocenters. The lowest BCUT2D eigenvalue weighted by atomic mass is 9.73. The average Bonchev–Trinajstić information content (AvgIpc) is 2.38. The normalized spacial score (nSPS) is 25.5. The van der Waals surface area contributed by atoms with E-state index >= 15 is 0 Å². The Bertz CT molecular complexity index is 434. The van der Waals surface area contributed by atoms with E-state index in [1.807, 2.05) is 20.8 Å². The molecule has 0 aromatic carbocycles. The van der Waals surface area contributed by atoms with Crippen LogP contribution in [0.5, 0.6) is 0 Å². The fraction of sp³-hybridized carbons (Fsp3) is 0.625. The second kappa shape index (κ2) is 6.84. The fourth-order valence-corrected chi connectivity index (χ4v) is 2.28. The standard InChI is InChI=1S/C16H24O4/c1-5-9-20-15(18)13-8-6-7-12(4)16(13,19)14(17)10-11(2)3/h6-8,11,13,19H,5,9-10H2,1-4H3. The molecule has 0 saturated heterocycles. The number of rotatable bonds is 6. The number of hydrogen-bond donors (Lipinski definition) is 1. The van der Waals surface area contributed by atoms with Crippen molar-refractivity contribution in [3.8, 4) is 0 Å². The van der Waals surface area contributed by atoms with Gasteiger partial charge in [0.1, 0.15) is 5.92 Å². The fourth-order valence-electron chi connectivity index (χ4n) is 2.28. The van der Waals surface area contributed by atoms with Crippen LogP contribution in [0.1, 0.15) is 40.5 Å². The Labute approximate surface area is 120 Å². The van der Waals surface area contributed by atoms with Gasteiger partial charge in [-0.1, -0.05) is 39.0 Å². The topological polar surface area (TPSA) is 63.6 Å². The van der Waals surface area contributed by atoms with Gasteiger partial charge in [-0.2, -0.15) is 0 Å². The van der Waals surface area contributed by atoms with Crippen LogP contribution >= 0.6 is 0 Å². The van der Waals surface area contributed by atoms with Crippen molar-refractivity contribution < 1.29 is 19.4 Å². The highest BCUT2D eigenvalue weighted by Crippen LogP contribution is 2.34. The van der Waals surface area contributed by atoms with Gasteiger partial charge in [-0.05, 0) is 24.8 Å². The first-order valence-electron chi connectivity index (χ1n) is 7.11. The van der Waals surface area contributed by atoms with Crippen LogP contribution < -0.4 is 0 Å². The highest BCUT2D eigenvalue weighted by Gasteiger charge is 2.49. The molecule has 0 spiro atoms. The van der Waals surface area contributed by atoms with Crippen molar-refractivity contribution in [2.24, 2.45) is 11.8 Å². The van der Waals surface area contributed by atoms with Crippen molar-refractivity contribution in [2.75, 3.05) is 6.61 Å². The summed E-state index contributed by atoms with van der Waals surface area (Å²) in [4.78, 5) is 24.5. The lowest BCUT2D eigenvalue weighted by molar-refractivity contribution is -0.159. The third-order valence-electron chi connectivity index (χ3n) is 3.42. The van der Waals surface area contributed by atoms with E-state index in [4.69, 9.17) is 4.74 Å². The molecule has 20 heavy (non-hydrogen) atoms. The Hall–Kier alpha value is -1.42. The molecule has 0 aromatic heterocycles. The summed E-state index contributed by atoms with van der Waals surface area (Å²) in [7, 11) is 0. The van der Waals surface area contributed by atoms with Gasteiger partial charge in [0.15, 0.2) is 11.4 Å². The zero-order chi connectivity index (χ0) is 15.3. The number of allylic oxidation sites excluding steroid dienone is 2. The van der Waals surface area contributed by atoms with E-state index in [9.17, 15) is 14.7 Å². The number of carbonyl (C=O) groups is 2. The Morgan fingerprint density at radius 3 is 2.65 bits per heavy atom. The van der Waals surface area contributed by atoms with Crippen molar-refractivity contribution in [3.05, 3.63) is 23.8 Å². The lowest BCUT2D eigenvalue weighted by Crippen LogP contribution is -2.51. The summed E-state index contributed by atoms with van der Waals surface area (Å²) in [6, 6.07) is 0. The quantitative estimate of drug-likeness (QED) is 0.759. The van der Waals surface area contributed by atoms with Crippen LogP contribution in [-0.4, -0.2) is 29.1 Å². The monoisotopic (exact) mass is 280 g/mol. The summed E-state index contributed by atoms with van der Waals surface area (Å²) in [5.74, 6) is -1.71. The van der Waals surface area contributed by atoms with E-state index in [0.717, 1.165) is 0 Å². The van der Waals surface area contributed by atoms with E-state index in [2.05, 4.69) is 0 Å². The maximum absolute atomic E-state index is 12.4. The van der Waals surface area contributed by atoms with Crippen LogP contribution in [-0.2, 0) is 14.3 Å². The number of carbonyl (C=O) groups excluding carboxylic acids is 2. The minimum atomic E-state index is -1.77. The third kappa shape index (κ3) is 3.37. The minimum Gasteiger partial charge on any atom is -0.465 e. The van der Waals surface area contributed by atoms with E-state index in [1.54, 1.807) is 25.2 Å². The first kappa shape index (κ1) is 16.6. The smallest absolute Gasteiger partial charge is 0.316 e. The van der Waals surface area contributed by atoms with Crippen LogP contribution in [0.4, 0.5) is 0 Å². The zero-order valence-electron chi connectivity index (χ0n) is 12.7. The summed E-state index contributed by atoms with van der Waals surface area (Å²) in [6.45, 7) is 7.67. The molecule has 1 rings (SSSR count). The van der Waals surface area contributed by atoms with E-state index < -0.39 is 17.5 Å². The minimum absolute atomic E-state index is 0.123. The van der Waals surface area contributed by atoms with E-state index in [1.165, 1.54) is 0 Å². The molecule has 112 valence electrons. The van der Waals surface area contributed by atoms with E-state index in [-0.39, 0.29) is 18.1 Å². The van der Waals surface area contributed by atoms with Crippen molar-refractivity contribution in [2.45, 2.75) is 46.1 Å². The van der Waals surface area contributed by atoms with Gasteiger partial charge in [0.05, 0.1) is 6.61 Å². The van der Waals surface area contributed by atoms with Gasteiger partial charge in [0, 0.05) is 6.42 Å². The van der Waals surface area contributed by atoms with Crippen LogP contribution in [0.25, 0.3) is 0 Å². The van der Waals surface area contributed by atoms with Crippen LogP contribution in [0.2, 0.25) is 0 Å². The first-order chi connectivity index (χ1) is 9.33. The Morgan fingerprint density at radius 1 is 1.45 bits per heavy atom. The molecule has 1 N–H and O–H groups in total. The van der Waals surface area contributed by atoms with Gasteiger partial charge >= 0.3 is 5.97 Å². The highest BCUT2D eigenvalue weighted by atomic mass is 16.5. The number of hydrogen-bond acceptors (Lipinski definition) is 4. The second-order valence-corrected chi connectivity index (χ2v) is 5.67. The van der Waals surface area contributed by atoms with Crippen molar-refractivity contribution >= 4 is 11.8 Å². The van der Waals surface area contributed by atoms with Gasteiger partial charge in [-0.3, -0.25) is 9.59 Å². The molecule has 0 heterocycles. The number of esters is 1. The molecule has 4 heteroatoms. The largest absolute Gasteiger partial charge is 0.465 e.